The average Bonchev–Trinajstić information content (AvgIpc) is 1.59. The zero-order valence-corrected chi connectivity index (χ0v) is 4.34. The van der Waals surface area contributed by atoms with Gasteiger partial charge in [-0.25, -0.2) is 4.79 Å². The molecule has 0 bridgehead atoms. The lowest BCUT2D eigenvalue weighted by atomic mass is 11.6. The summed E-state index contributed by atoms with van der Waals surface area (Å²) in [6.45, 7) is 0. The molecule has 0 unspecified atom stereocenters. The van der Waals surface area contributed by atoms with Crippen molar-refractivity contribution >= 4 is 16.4 Å². The molecular weight excluding hydrogens is 136 g/mol. The molecule has 0 amide bonds. The molecule has 0 aromatic rings. The van der Waals surface area contributed by atoms with Gasteiger partial charge in [-0.3, -0.25) is 4.55 Å². The average molecular weight is 138 g/mol. The molecule has 0 saturated heterocycles. The SMILES string of the molecule is O=C=NNS(=O)(=O)O. The molecule has 46 valence electrons. The van der Waals surface area contributed by atoms with E-state index in [0.717, 1.165) is 10.9 Å². The maximum absolute atomic E-state index is 9.56. The molecule has 0 aliphatic heterocycles. The first-order valence-electron chi connectivity index (χ1n) is 1.37. The van der Waals surface area contributed by atoms with Crippen LogP contribution in [0.1, 0.15) is 0 Å². The molecule has 0 aromatic heterocycles. The summed E-state index contributed by atoms with van der Waals surface area (Å²) in [5.74, 6) is 0. The Balaban J connectivity index is 3.94. The van der Waals surface area contributed by atoms with E-state index in [2.05, 4.69) is 5.10 Å². The largest absolute Gasteiger partial charge is 0.373 e. The molecule has 0 aromatic carbocycles. The van der Waals surface area contributed by atoms with Gasteiger partial charge in [0.25, 0.3) is 6.08 Å². The van der Waals surface area contributed by atoms with Crippen LogP contribution in [-0.4, -0.2) is 19.1 Å². The summed E-state index contributed by atoms with van der Waals surface area (Å²) in [6, 6.07) is 0. The lowest BCUT2D eigenvalue weighted by Crippen LogP contribution is -2.15. The van der Waals surface area contributed by atoms with Crippen molar-refractivity contribution < 1.29 is 17.8 Å². The van der Waals surface area contributed by atoms with Crippen molar-refractivity contribution in [3.8, 4) is 0 Å². The first kappa shape index (κ1) is 7.09. The van der Waals surface area contributed by atoms with Crippen LogP contribution in [0, 0.1) is 0 Å². The highest BCUT2D eigenvalue weighted by atomic mass is 32.2. The van der Waals surface area contributed by atoms with Gasteiger partial charge < -0.3 is 0 Å². The smallest absolute Gasteiger partial charge is 0.268 e. The van der Waals surface area contributed by atoms with Crippen LogP contribution in [0.3, 0.4) is 0 Å². The fraction of sp³-hybridized carbons (Fsp3) is 0. The number of hydrogen-bond donors (Lipinski definition) is 2. The van der Waals surface area contributed by atoms with Crippen molar-refractivity contribution in [3.63, 3.8) is 0 Å². The molecule has 0 spiro atoms. The Morgan fingerprint density at radius 1 is 1.62 bits per heavy atom. The van der Waals surface area contributed by atoms with Crippen LogP contribution in [-0.2, 0) is 15.1 Å². The predicted molar refractivity (Wildman–Crippen MR) is 22.8 cm³/mol. The van der Waals surface area contributed by atoms with Crippen LogP contribution < -0.4 is 4.83 Å². The summed E-state index contributed by atoms with van der Waals surface area (Å²) >= 11 is 0. The monoisotopic (exact) mass is 138 g/mol. The van der Waals surface area contributed by atoms with Gasteiger partial charge in [-0.2, -0.15) is 13.2 Å². The highest BCUT2D eigenvalue weighted by Gasteiger charge is 1.95. The standard InChI is InChI=1S/CH2N2O4S/c4-1-2-3-8(5,6)7/h3H,(H,5,6,7). The third-order valence-electron chi connectivity index (χ3n) is 0.207. The van der Waals surface area contributed by atoms with Crippen LogP contribution in [0.5, 0.6) is 0 Å². The van der Waals surface area contributed by atoms with E-state index in [1.54, 1.807) is 0 Å². The minimum atomic E-state index is -4.37. The van der Waals surface area contributed by atoms with Gasteiger partial charge >= 0.3 is 10.3 Å². The fourth-order valence-corrected chi connectivity index (χ4v) is 0.229. The molecule has 7 heteroatoms. The topological polar surface area (TPSA) is 95.8 Å². The normalized spacial score (nSPS) is 9.62. The Bertz CT molecular complexity index is 198. The van der Waals surface area contributed by atoms with Gasteiger partial charge in [0.2, 0.25) is 0 Å². The molecule has 0 radical (unpaired) electrons. The Labute approximate surface area is 45.1 Å². The van der Waals surface area contributed by atoms with E-state index < -0.39 is 10.3 Å². The van der Waals surface area contributed by atoms with E-state index in [4.69, 9.17) is 9.35 Å². The fourth-order valence-electron chi connectivity index (χ4n) is 0.0763. The Morgan fingerprint density at radius 2 is 2.12 bits per heavy atom. The second kappa shape index (κ2) is 2.41. The number of nitrogens with one attached hydrogen (secondary N) is 1. The molecule has 0 fully saturated rings. The van der Waals surface area contributed by atoms with Gasteiger partial charge in [0.15, 0.2) is 0 Å². The maximum Gasteiger partial charge on any atom is 0.373 e. The van der Waals surface area contributed by atoms with Crippen molar-refractivity contribution in [1.29, 1.82) is 0 Å². The van der Waals surface area contributed by atoms with Gasteiger partial charge in [0.1, 0.15) is 0 Å². The first-order chi connectivity index (χ1) is 3.56. The van der Waals surface area contributed by atoms with E-state index in [0.29, 0.717) is 0 Å². The van der Waals surface area contributed by atoms with E-state index in [-0.39, 0.29) is 0 Å². The number of isocyanates is 1. The molecule has 0 heterocycles. The number of carbonyl (C=O) groups excluding carboxylic acids is 1. The van der Waals surface area contributed by atoms with Gasteiger partial charge in [-0.05, 0) is 0 Å². The van der Waals surface area contributed by atoms with E-state index in [1.807, 2.05) is 0 Å². The van der Waals surface area contributed by atoms with Crippen molar-refractivity contribution in [1.82, 2.24) is 4.83 Å². The molecule has 0 saturated carbocycles. The summed E-state index contributed by atoms with van der Waals surface area (Å²) in [7, 11) is -4.37. The highest BCUT2D eigenvalue weighted by molar-refractivity contribution is 7.83. The molecule has 6 nitrogen and oxygen atoms in total. The van der Waals surface area contributed by atoms with Crippen molar-refractivity contribution in [3.05, 3.63) is 0 Å². The molecule has 8 heavy (non-hydrogen) atoms. The summed E-state index contributed by atoms with van der Waals surface area (Å²) in [5.41, 5.74) is 0. The summed E-state index contributed by atoms with van der Waals surface area (Å²) in [6.07, 6.45) is 0.849. The van der Waals surface area contributed by atoms with E-state index >= 15 is 0 Å². The third-order valence-corrected chi connectivity index (χ3v) is 0.529. The number of hydrogen-bond acceptors (Lipinski definition) is 4. The Morgan fingerprint density at radius 3 is 2.25 bits per heavy atom. The van der Waals surface area contributed by atoms with Crippen molar-refractivity contribution in [2.24, 2.45) is 5.10 Å². The first-order valence-corrected chi connectivity index (χ1v) is 2.81. The Kier molecular flexibility index (Phi) is 2.14. The van der Waals surface area contributed by atoms with E-state index in [9.17, 15) is 8.42 Å². The van der Waals surface area contributed by atoms with Crippen LogP contribution in [0.15, 0.2) is 5.10 Å². The van der Waals surface area contributed by atoms with Gasteiger partial charge in [0.05, 0.1) is 0 Å². The van der Waals surface area contributed by atoms with Gasteiger partial charge in [-0.1, -0.05) is 5.10 Å². The van der Waals surface area contributed by atoms with Crippen LogP contribution in [0.25, 0.3) is 0 Å². The molecule has 0 atom stereocenters. The van der Waals surface area contributed by atoms with Gasteiger partial charge in [-0.15, -0.1) is 0 Å². The van der Waals surface area contributed by atoms with Gasteiger partial charge in [0, 0.05) is 0 Å². The summed E-state index contributed by atoms with van der Waals surface area (Å²) in [5, 5.41) is 2.35. The quantitative estimate of drug-likeness (QED) is 0.213. The second-order valence-electron chi connectivity index (χ2n) is 0.769. The molecule has 0 rings (SSSR count). The lowest BCUT2D eigenvalue weighted by Gasteiger charge is -1.85. The van der Waals surface area contributed by atoms with Crippen molar-refractivity contribution in [2.75, 3.05) is 0 Å². The molecular formula is CH2N2O4S. The highest BCUT2D eigenvalue weighted by Crippen LogP contribution is 1.67. The zero-order chi connectivity index (χ0) is 6.62. The molecule has 0 aliphatic carbocycles. The van der Waals surface area contributed by atoms with E-state index in [1.165, 1.54) is 0 Å². The predicted octanol–water partition coefficient (Wildman–Crippen LogP) is -1.37. The minimum absolute atomic E-state index is 0.849. The molecule has 0 aliphatic rings. The zero-order valence-electron chi connectivity index (χ0n) is 3.53. The van der Waals surface area contributed by atoms with Crippen LogP contribution >= 0.6 is 0 Å². The van der Waals surface area contributed by atoms with Crippen molar-refractivity contribution in [2.45, 2.75) is 0 Å². The van der Waals surface area contributed by atoms with Crippen LogP contribution in [0.2, 0.25) is 0 Å². The van der Waals surface area contributed by atoms with Crippen LogP contribution in [0.4, 0.5) is 0 Å². The second-order valence-corrected chi connectivity index (χ2v) is 1.90. The number of rotatable bonds is 2. The molecule has 2 N–H and O–H groups in total. The third kappa shape index (κ3) is 5.09. The number of hydrazone groups is 1. The minimum Gasteiger partial charge on any atom is -0.268 e. The summed E-state index contributed by atoms with van der Waals surface area (Å²) < 4.78 is 26.9. The maximum atomic E-state index is 9.56. The summed E-state index contributed by atoms with van der Waals surface area (Å²) in [4.78, 5) is 10.2. The number of nitrogens with zero attached hydrogens (tertiary/aromatic N) is 1. The Hall–Kier alpha value is -0.910. The lowest BCUT2D eigenvalue weighted by molar-refractivity contribution is 0.468.